The van der Waals surface area contributed by atoms with Crippen molar-refractivity contribution in [1.29, 1.82) is 0 Å². The van der Waals surface area contributed by atoms with Gasteiger partial charge in [0.15, 0.2) is 0 Å². The number of benzene rings is 1. The second-order valence-corrected chi connectivity index (χ2v) is 7.42. The van der Waals surface area contributed by atoms with Crippen molar-refractivity contribution >= 4 is 38.5 Å². The lowest BCUT2D eigenvalue weighted by Crippen LogP contribution is -2.26. The van der Waals surface area contributed by atoms with Crippen LogP contribution in [0.5, 0.6) is 0 Å². The first-order valence-electron chi connectivity index (χ1n) is 8.88. The number of nitrogens with zero attached hydrogens (tertiary/aromatic N) is 3. The van der Waals surface area contributed by atoms with E-state index in [2.05, 4.69) is 20.3 Å². The SMILES string of the molecule is CCn1cnc2sc(C(=O)NCCc3nc4ccc(F)cc4[nH]3)c(C)c2c1=O. The molecule has 0 aliphatic heterocycles. The van der Waals surface area contributed by atoms with Gasteiger partial charge in [0.25, 0.3) is 11.5 Å². The molecule has 28 heavy (non-hydrogen) atoms. The number of halogens is 1. The number of imidazole rings is 1. The Kier molecular flexibility index (Phi) is 4.68. The zero-order valence-corrected chi connectivity index (χ0v) is 16.2. The van der Waals surface area contributed by atoms with Crippen molar-refractivity contribution in [3.63, 3.8) is 0 Å². The fraction of sp³-hybridized carbons (Fsp3) is 0.263. The van der Waals surface area contributed by atoms with E-state index in [0.29, 0.717) is 57.0 Å². The van der Waals surface area contributed by atoms with Crippen LogP contribution >= 0.6 is 11.3 Å². The summed E-state index contributed by atoms with van der Waals surface area (Å²) in [7, 11) is 0. The Balaban J connectivity index is 1.49. The number of hydrogen-bond acceptors (Lipinski definition) is 5. The first kappa shape index (κ1) is 18.3. The van der Waals surface area contributed by atoms with E-state index in [9.17, 15) is 14.0 Å². The Morgan fingerprint density at radius 3 is 3.00 bits per heavy atom. The van der Waals surface area contributed by atoms with Crippen LogP contribution in [-0.4, -0.2) is 32.0 Å². The highest BCUT2D eigenvalue weighted by atomic mass is 32.1. The second-order valence-electron chi connectivity index (χ2n) is 6.42. The quantitative estimate of drug-likeness (QED) is 0.540. The van der Waals surface area contributed by atoms with Crippen LogP contribution in [0, 0.1) is 12.7 Å². The minimum atomic E-state index is -0.327. The number of amides is 1. The zero-order valence-electron chi connectivity index (χ0n) is 15.4. The van der Waals surface area contributed by atoms with Crippen molar-refractivity contribution in [2.75, 3.05) is 6.54 Å². The Morgan fingerprint density at radius 2 is 2.21 bits per heavy atom. The number of carbonyl (C=O) groups excluding carboxylic acids is 1. The molecule has 0 unspecified atom stereocenters. The number of fused-ring (bicyclic) bond motifs is 2. The van der Waals surface area contributed by atoms with Gasteiger partial charge in [-0.15, -0.1) is 11.3 Å². The van der Waals surface area contributed by atoms with E-state index in [1.165, 1.54) is 34.4 Å². The van der Waals surface area contributed by atoms with Gasteiger partial charge in [-0.05, 0) is 37.6 Å². The van der Waals surface area contributed by atoms with Gasteiger partial charge in [0, 0.05) is 19.5 Å². The normalized spacial score (nSPS) is 11.4. The van der Waals surface area contributed by atoms with Crippen LogP contribution in [0.25, 0.3) is 21.3 Å². The molecule has 0 spiro atoms. The van der Waals surface area contributed by atoms with Crippen molar-refractivity contribution in [1.82, 2.24) is 24.8 Å². The molecular formula is C19H18FN5O2S. The average Bonchev–Trinajstić information content (AvgIpc) is 3.22. The first-order chi connectivity index (χ1) is 13.5. The van der Waals surface area contributed by atoms with E-state index in [0.717, 1.165) is 0 Å². The third-order valence-corrected chi connectivity index (χ3v) is 5.80. The van der Waals surface area contributed by atoms with Crippen molar-refractivity contribution in [3.05, 3.63) is 57.0 Å². The van der Waals surface area contributed by atoms with Gasteiger partial charge in [-0.25, -0.2) is 14.4 Å². The summed E-state index contributed by atoms with van der Waals surface area (Å²) in [6.45, 7) is 4.53. The van der Waals surface area contributed by atoms with Gasteiger partial charge < -0.3 is 10.3 Å². The number of thiophene rings is 1. The molecular weight excluding hydrogens is 381 g/mol. The molecule has 4 aromatic rings. The molecule has 0 aliphatic rings. The fourth-order valence-corrected chi connectivity index (χ4v) is 4.18. The first-order valence-corrected chi connectivity index (χ1v) is 9.70. The van der Waals surface area contributed by atoms with Gasteiger partial charge in [-0.2, -0.15) is 0 Å². The third kappa shape index (κ3) is 3.18. The molecule has 3 aromatic heterocycles. The van der Waals surface area contributed by atoms with Crippen LogP contribution in [0.1, 0.15) is 28.0 Å². The summed E-state index contributed by atoms with van der Waals surface area (Å²) >= 11 is 1.22. The number of carbonyl (C=O) groups is 1. The minimum absolute atomic E-state index is 0.130. The van der Waals surface area contributed by atoms with Crippen molar-refractivity contribution < 1.29 is 9.18 Å². The topological polar surface area (TPSA) is 92.7 Å². The molecule has 0 radical (unpaired) electrons. The summed E-state index contributed by atoms with van der Waals surface area (Å²) in [5, 5.41) is 3.35. The Labute approximate surface area is 163 Å². The van der Waals surface area contributed by atoms with Crippen LogP contribution in [0.2, 0.25) is 0 Å². The molecule has 0 saturated carbocycles. The summed E-state index contributed by atoms with van der Waals surface area (Å²) < 4.78 is 14.8. The highest BCUT2D eigenvalue weighted by molar-refractivity contribution is 7.20. The fourth-order valence-electron chi connectivity index (χ4n) is 3.13. The van der Waals surface area contributed by atoms with Gasteiger partial charge in [0.2, 0.25) is 0 Å². The molecule has 0 aliphatic carbocycles. The van der Waals surface area contributed by atoms with Crippen molar-refractivity contribution in [3.8, 4) is 0 Å². The van der Waals surface area contributed by atoms with Gasteiger partial charge in [-0.1, -0.05) is 0 Å². The number of H-pyrrole nitrogens is 1. The van der Waals surface area contributed by atoms with E-state index in [1.54, 1.807) is 13.0 Å². The molecule has 0 bridgehead atoms. The van der Waals surface area contributed by atoms with Gasteiger partial charge >= 0.3 is 0 Å². The maximum atomic E-state index is 13.3. The molecule has 0 atom stereocenters. The Bertz CT molecular complexity index is 1260. The maximum Gasteiger partial charge on any atom is 0.262 e. The maximum absolute atomic E-state index is 13.3. The molecule has 1 amide bonds. The predicted octanol–water partition coefficient (Wildman–Crippen LogP) is 2.77. The highest BCUT2D eigenvalue weighted by Crippen LogP contribution is 2.26. The molecule has 9 heteroatoms. The zero-order chi connectivity index (χ0) is 19.8. The van der Waals surface area contributed by atoms with Gasteiger partial charge in [0.05, 0.1) is 27.6 Å². The number of nitrogens with one attached hydrogen (secondary N) is 2. The molecule has 2 N–H and O–H groups in total. The van der Waals surface area contributed by atoms with Crippen molar-refractivity contribution in [2.45, 2.75) is 26.8 Å². The number of rotatable bonds is 5. The molecule has 0 saturated heterocycles. The van der Waals surface area contributed by atoms with Crippen molar-refractivity contribution in [2.24, 2.45) is 0 Å². The molecule has 3 heterocycles. The summed E-state index contributed by atoms with van der Waals surface area (Å²) in [5.74, 6) is 0.0959. The van der Waals surface area contributed by atoms with Crippen LogP contribution in [0.3, 0.4) is 0 Å². The van der Waals surface area contributed by atoms with E-state index in [-0.39, 0.29) is 17.3 Å². The minimum Gasteiger partial charge on any atom is -0.351 e. The van der Waals surface area contributed by atoms with Crippen LogP contribution in [-0.2, 0) is 13.0 Å². The molecule has 144 valence electrons. The molecule has 0 fully saturated rings. The number of hydrogen-bond donors (Lipinski definition) is 2. The molecule has 7 nitrogen and oxygen atoms in total. The summed E-state index contributed by atoms with van der Waals surface area (Å²) in [6, 6.07) is 4.36. The van der Waals surface area contributed by atoms with E-state index in [1.807, 2.05) is 6.92 Å². The van der Waals surface area contributed by atoms with E-state index in [4.69, 9.17) is 0 Å². The predicted molar refractivity (Wildman–Crippen MR) is 106 cm³/mol. The lowest BCUT2D eigenvalue weighted by molar-refractivity contribution is 0.0957. The second kappa shape index (κ2) is 7.16. The standard InChI is InChI=1S/C19H18FN5O2S/c1-3-25-9-22-18-15(19(25)27)10(2)16(28-18)17(26)21-7-6-14-23-12-5-4-11(20)8-13(12)24-14/h4-5,8-9H,3,6-7H2,1-2H3,(H,21,26)(H,23,24). The molecule has 4 rings (SSSR count). The number of aromatic nitrogens is 4. The average molecular weight is 399 g/mol. The summed E-state index contributed by atoms with van der Waals surface area (Å²) in [5.41, 5.74) is 1.83. The largest absolute Gasteiger partial charge is 0.351 e. The Morgan fingerprint density at radius 1 is 1.39 bits per heavy atom. The van der Waals surface area contributed by atoms with E-state index >= 15 is 0 Å². The number of aromatic amines is 1. The van der Waals surface area contributed by atoms with Crippen LogP contribution in [0.4, 0.5) is 4.39 Å². The smallest absolute Gasteiger partial charge is 0.262 e. The Hall–Kier alpha value is -3.07. The summed E-state index contributed by atoms with van der Waals surface area (Å²) in [4.78, 5) is 37.8. The monoisotopic (exact) mass is 399 g/mol. The lowest BCUT2D eigenvalue weighted by atomic mass is 10.2. The van der Waals surface area contributed by atoms with Crippen LogP contribution in [0.15, 0.2) is 29.3 Å². The lowest BCUT2D eigenvalue weighted by Gasteiger charge is -2.03. The van der Waals surface area contributed by atoms with E-state index < -0.39 is 0 Å². The highest BCUT2D eigenvalue weighted by Gasteiger charge is 2.19. The molecule has 1 aromatic carbocycles. The van der Waals surface area contributed by atoms with Crippen LogP contribution < -0.4 is 10.9 Å². The van der Waals surface area contributed by atoms with Gasteiger partial charge in [-0.3, -0.25) is 14.2 Å². The summed E-state index contributed by atoms with van der Waals surface area (Å²) in [6.07, 6.45) is 1.99. The third-order valence-electron chi connectivity index (χ3n) is 4.60. The van der Waals surface area contributed by atoms with Gasteiger partial charge in [0.1, 0.15) is 16.5 Å². The number of aryl methyl sites for hydroxylation is 2.